The van der Waals surface area contributed by atoms with Crippen LogP contribution in [0, 0.1) is 0 Å². The minimum Gasteiger partial charge on any atom is -0.497 e. The minimum atomic E-state index is -0.236. The van der Waals surface area contributed by atoms with Crippen molar-refractivity contribution >= 4 is 11.8 Å². The number of rotatable bonds is 6. The van der Waals surface area contributed by atoms with Gasteiger partial charge in [0.05, 0.1) is 20.2 Å². The van der Waals surface area contributed by atoms with E-state index in [9.17, 15) is 9.59 Å². The van der Waals surface area contributed by atoms with Crippen molar-refractivity contribution in [3.63, 3.8) is 0 Å². The third-order valence-electron chi connectivity index (χ3n) is 6.06. The highest BCUT2D eigenvalue weighted by Crippen LogP contribution is 2.33. The van der Waals surface area contributed by atoms with Crippen LogP contribution in [0.25, 0.3) is 0 Å². The molecule has 2 amide bonds. The number of methoxy groups -OCH3 is 1. The third-order valence-corrected chi connectivity index (χ3v) is 6.06. The predicted molar refractivity (Wildman–Crippen MR) is 123 cm³/mol. The number of nitrogens with one attached hydrogen (secondary N) is 1. The van der Waals surface area contributed by atoms with Crippen LogP contribution in [0.15, 0.2) is 42.5 Å². The van der Waals surface area contributed by atoms with Gasteiger partial charge in [-0.1, -0.05) is 12.1 Å². The molecule has 1 aromatic heterocycles. The SMILES string of the molecule is CCNC(=O)c1nn(Cc2cccc(OC)c2)c2c1CN(C(=O)c1ccc3c(c1)OCO3)CC2. The predicted octanol–water partition coefficient (Wildman–Crippen LogP) is 2.62. The molecule has 2 aromatic carbocycles. The number of ether oxygens (including phenoxy) is 3. The van der Waals surface area contributed by atoms with Crippen molar-refractivity contribution in [1.82, 2.24) is 20.0 Å². The Hall–Kier alpha value is -4.01. The lowest BCUT2D eigenvalue weighted by Crippen LogP contribution is -2.37. The van der Waals surface area contributed by atoms with Crippen molar-refractivity contribution < 1.29 is 23.8 Å². The van der Waals surface area contributed by atoms with E-state index >= 15 is 0 Å². The standard InChI is InChI=1S/C25H26N4O5/c1-3-26-24(30)23-19-14-28(25(31)17-7-8-21-22(12-17)34-15-33-21)10-9-20(19)29(27-23)13-16-5-4-6-18(11-16)32-2/h4-8,11-12H,3,9-10,13-15H2,1-2H3,(H,26,30). The van der Waals surface area contributed by atoms with Crippen molar-refractivity contribution in [2.24, 2.45) is 0 Å². The molecule has 9 nitrogen and oxygen atoms in total. The van der Waals surface area contributed by atoms with Gasteiger partial charge >= 0.3 is 0 Å². The Morgan fingerprint density at radius 3 is 2.82 bits per heavy atom. The van der Waals surface area contributed by atoms with Crippen LogP contribution in [0.3, 0.4) is 0 Å². The quantitative estimate of drug-likeness (QED) is 0.605. The molecule has 34 heavy (non-hydrogen) atoms. The monoisotopic (exact) mass is 462 g/mol. The van der Waals surface area contributed by atoms with E-state index in [4.69, 9.17) is 14.2 Å². The number of hydrogen-bond acceptors (Lipinski definition) is 6. The highest BCUT2D eigenvalue weighted by Gasteiger charge is 2.31. The topological polar surface area (TPSA) is 94.9 Å². The zero-order valence-electron chi connectivity index (χ0n) is 19.2. The van der Waals surface area contributed by atoms with Crippen LogP contribution in [-0.2, 0) is 19.5 Å². The molecule has 0 bridgehead atoms. The summed E-state index contributed by atoms with van der Waals surface area (Å²) in [6, 6.07) is 13.0. The van der Waals surface area contributed by atoms with E-state index in [1.54, 1.807) is 30.2 Å². The van der Waals surface area contributed by atoms with Crippen LogP contribution in [0.5, 0.6) is 17.2 Å². The van der Waals surface area contributed by atoms with E-state index in [1.165, 1.54) is 0 Å². The average molecular weight is 463 g/mol. The Kier molecular flexibility index (Phi) is 5.83. The Bertz CT molecular complexity index is 1250. The number of aromatic nitrogens is 2. The van der Waals surface area contributed by atoms with Crippen molar-refractivity contribution in [3.8, 4) is 17.2 Å². The molecule has 0 unspecified atom stereocenters. The highest BCUT2D eigenvalue weighted by atomic mass is 16.7. The number of benzene rings is 2. The molecule has 0 saturated heterocycles. The smallest absolute Gasteiger partial charge is 0.272 e. The Labute approximate surface area is 197 Å². The number of fused-ring (bicyclic) bond motifs is 2. The molecular weight excluding hydrogens is 436 g/mol. The van der Waals surface area contributed by atoms with E-state index < -0.39 is 0 Å². The van der Waals surface area contributed by atoms with Crippen molar-refractivity contribution in [1.29, 1.82) is 0 Å². The van der Waals surface area contributed by atoms with E-state index in [-0.39, 0.29) is 18.6 Å². The second kappa shape index (κ2) is 9.09. The zero-order valence-corrected chi connectivity index (χ0v) is 19.2. The van der Waals surface area contributed by atoms with Crippen LogP contribution in [0.1, 0.15) is 44.6 Å². The first kappa shape index (κ1) is 21.8. The summed E-state index contributed by atoms with van der Waals surface area (Å²) in [4.78, 5) is 27.8. The fourth-order valence-electron chi connectivity index (χ4n) is 4.38. The lowest BCUT2D eigenvalue weighted by atomic mass is 10.0. The van der Waals surface area contributed by atoms with Gasteiger partial charge in [-0.2, -0.15) is 5.10 Å². The molecule has 9 heteroatoms. The second-order valence-electron chi connectivity index (χ2n) is 8.19. The third kappa shape index (κ3) is 4.05. The first-order valence-corrected chi connectivity index (χ1v) is 11.3. The number of carbonyl (C=O) groups excluding carboxylic acids is 2. The highest BCUT2D eigenvalue weighted by molar-refractivity contribution is 5.96. The molecule has 2 aliphatic heterocycles. The molecule has 0 spiro atoms. The number of nitrogens with zero attached hydrogens (tertiary/aromatic N) is 3. The first-order chi connectivity index (χ1) is 16.6. The van der Waals surface area contributed by atoms with Gasteiger partial charge in [-0.3, -0.25) is 14.3 Å². The maximum Gasteiger partial charge on any atom is 0.272 e. The molecule has 1 N–H and O–H groups in total. The fraction of sp³-hybridized carbons (Fsp3) is 0.320. The largest absolute Gasteiger partial charge is 0.497 e. The van der Waals surface area contributed by atoms with Crippen molar-refractivity contribution in [2.75, 3.05) is 27.0 Å². The molecule has 0 fully saturated rings. The number of carbonyl (C=O) groups is 2. The molecule has 0 saturated carbocycles. The van der Waals surface area contributed by atoms with Crippen LogP contribution < -0.4 is 19.5 Å². The van der Waals surface area contributed by atoms with Gasteiger partial charge in [0, 0.05) is 36.3 Å². The summed E-state index contributed by atoms with van der Waals surface area (Å²) in [6.07, 6.45) is 0.599. The summed E-state index contributed by atoms with van der Waals surface area (Å²) in [5.41, 5.74) is 3.66. The summed E-state index contributed by atoms with van der Waals surface area (Å²) in [5.74, 6) is 1.61. The Balaban J connectivity index is 1.44. The van der Waals surface area contributed by atoms with E-state index in [2.05, 4.69) is 10.4 Å². The van der Waals surface area contributed by atoms with Crippen LogP contribution in [0.4, 0.5) is 0 Å². The average Bonchev–Trinajstić information content (AvgIpc) is 3.48. The second-order valence-corrected chi connectivity index (χ2v) is 8.19. The normalized spacial score (nSPS) is 14.0. The molecule has 0 atom stereocenters. The fourth-order valence-corrected chi connectivity index (χ4v) is 4.38. The maximum absolute atomic E-state index is 13.3. The Morgan fingerprint density at radius 2 is 2.00 bits per heavy atom. The molecule has 2 aliphatic rings. The van der Waals surface area contributed by atoms with Gasteiger partial charge < -0.3 is 24.4 Å². The molecule has 3 heterocycles. The molecule has 3 aromatic rings. The van der Waals surface area contributed by atoms with Crippen LogP contribution >= 0.6 is 0 Å². The van der Waals surface area contributed by atoms with E-state index in [0.29, 0.717) is 55.4 Å². The summed E-state index contributed by atoms with van der Waals surface area (Å²) < 4.78 is 18.0. The molecule has 5 rings (SSSR count). The summed E-state index contributed by atoms with van der Waals surface area (Å²) in [5, 5.41) is 7.51. The van der Waals surface area contributed by atoms with E-state index in [1.807, 2.05) is 35.9 Å². The van der Waals surface area contributed by atoms with Gasteiger partial charge in [0.2, 0.25) is 6.79 Å². The molecular formula is C25H26N4O5. The van der Waals surface area contributed by atoms with Crippen molar-refractivity contribution in [3.05, 3.63) is 70.5 Å². The summed E-state index contributed by atoms with van der Waals surface area (Å²) in [7, 11) is 1.63. The zero-order chi connectivity index (χ0) is 23.7. The van der Waals surface area contributed by atoms with Gasteiger partial charge in [0.1, 0.15) is 5.75 Å². The van der Waals surface area contributed by atoms with Gasteiger partial charge in [0.25, 0.3) is 11.8 Å². The molecule has 0 aliphatic carbocycles. The van der Waals surface area contributed by atoms with Crippen LogP contribution in [-0.4, -0.2) is 53.5 Å². The maximum atomic E-state index is 13.3. The van der Waals surface area contributed by atoms with Gasteiger partial charge in [-0.15, -0.1) is 0 Å². The summed E-state index contributed by atoms with van der Waals surface area (Å²) in [6.45, 7) is 3.87. The first-order valence-electron chi connectivity index (χ1n) is 11.3. The lowest BCUT2D eigenvalue weighted by Gasteiger charge is -2.28. The minimum absolute atomic E-state index is 0.119. The van der Waals surface area contributed by atoms with Crippen molar-refractivity contribution in [2.45, 2.75) is 26.4 Å². The van der Waals surface area contributed by atoms with E-state index in [0.717, 1.165) is 22.6 Å². The lowest BCUT2D eigenvalue weighted by molar-refractivity contribution is 0.0730. The number of amides is 2. The van der Waals surface area contributed by atoms with Crippen LogP contribution in [0.2, 0.25) is 0 Å². The van der Waals surface area contributed by atoms with Gasteiger partial charge in [0.15, 0.2) is 17.2 Å². The molecule has 176 valence electrons. The number of hydrogen-bond donors (Lipinski definition) is 1. The van der Waals surface area contributed by atoms with Gasteiger partial charge in [-0.25, -0.2) is 0 Å². The summed E-state index contributed by atoms with van der Waals surface area (Å²) >= 11 is 0. The molecule has 0 radical (unpaired) electrons. The Morgan fingerprint density at radius 1 is 1.15 bits per heavy atom. The van der Waals surface area contributed by atoms with Gasteiger partial charge in [-0.05, 0) is 42.8 Å².